The second-order valence-electron chi connectivity index (χ2n) is 7.35. The normalized spacial score (nSPS) is 17.4. The van der Waals surface area contributed by atoms with E-state index in [9.17, 15) is 4.79 Å². The molecule has 2 aromatic carbocycles. The van der Waals surface area contributed by atoms with Crippen LogP contribution in [-0.4, -0.2) is 23.8 Å². The number of likely N-dealkylation sites (tertiary alicyclic amines) is 1. The fourth-order valence-corrected chi connectivity index (χ4v) is 4.06. The molecule has 1 aliphatic rings. The Bertz CT molecular complexity index is 682. The maximum Gasteiger partial charge on any atom is 0.140 e. The van der Waals surface area contributed by atoms with Crippen LogP contribution in [-0.2, 0) is 23.2 Å². The molecule has 3 rings (SSSR count). The Labute approximate surface area is 151 Å². The van der Waals surface area contributed by atoms with Crippen molar-refractivity contribution in [3.63, 3.8) is 0 Å². The van der Waals surface area contributed by atoms with Crippen molar-refractivity contribution in [1.82, 2.24) is 4.90 Å². The van der Waals surface area contributed by atoms with Gasteiger partial charge in [-0.15, -0.1) is 0 Å². The van der Waals surface area contributed by atoms with Gasteiger partial charge in [-0.05, 0) is 56.0 Å². The van der Waals surface area contributed by atoms with Crippen LogP contribution in [0.15, 0.2) is 54.6 Å². The lowest BCUT2D eigenvalue weighted by atomic mass is 9.70. The fraction of sp³-hybridized carbons (Fsp3) is 0.435. The molecule has 1 saturated heterocycles. The molecular formula is C23H29NO. The zero-order valence-corrected chi connectivity index (χ0v) is 15.5. The van der Waals surface area contributed by atoms with Crippen LogP contribution in [0.1, 0.15) is 49.8 Å². The average Bonchev–Trinajstić information content (AvgIpc) is 2.64. The van der Waals surface area contributed by atoms with E-state index in [1.165, 1.54) is 16.7 Å². The maximum atomic E-state index is 12.6. The minimum absolute atomic E-state index is 0.294. The smallest absolute Gasteiger partial charge is 0.140 e. The summed E-state index contributed by atoms with van der Waals surface area (Å²) in [5, 5.41) is 0. The summed E-state index contributed by atoms with van der Waals surface area (Å²) in [4.78, 5) is 15.1. The third-order valence-corrected chi connectivity index (χ3v) is 5.68. The maximum absolute atomic E-state index is 12.6. The molecular weight excluding hydrogens is 306 g/mol. The Hall–Kier alpha value is -1.93. The minimum Gasteiger partial charge on any atom is -0.299 e. The van der Waals surface area contributed by atoms with Gasteiger partial charge in [0.05, 0.1) is 5.41 Å². The van der Waals surface area contributed by atoms with E-state index in [0.717, 1.165) is 45.3 Å². The molecule has 1 aliphatic heterocycles. The number of hydrogen-bond acceptors (Lipinski definition) is 2. The number of carbonyl (C=O) groups excluding carboxylic acids is 1. The van der Waals surface area contributed by atoms with Crippen molar-refractivity contribution in [2.75, 3.05) is 13.1 Å². The first-order chi connectivity index (χ1) is 12.1. The van der Waals surface area contributed by atoms with Gasteiger partial charge in [0.25, 0.3) is 0 Å². The lowest BCUT2D eigenvalue weighted by molar-refractivity contribution is -0.124. The van der Waals surface area contributed by atoms with Crippen molar-refractivity contribution in [3.05, 3.63) is 71.3 Å². The molecule has 0 bridgehead atoms. The van der Waals surface area contributed by atoms with Crippen molar-refractivity contribution < 1.29 is 4.79 Å². The Morgan fingerprint density at radius 3 is 2.16 bits per heavy atom. The van der Waals surface area contributed by atoms with Gasteiger partial charge >= 0.3 is 0 Å². The van der Waals surface area contributed by atoms with Crippen LogP contribution in [0.2, 0.25) is 0 Å². The SMILES string of the molecule is CCCc1ccc(C2(C(C)=O)CCN(Cc3ccccc3)CC2)cc1. The topological polar surface area (TPSA) is 20.3 Å². The van der Waals surface area contributed by atoms with Gasteiger partial charge in [-0.2, -0.15) is 0 Å². The first-order valence-electron chi connectivity index (χ1n) is 9.51. The van der Waals surface area contributed by atoms with Gasteiger partial charge in [0, 0.05) is 6.54 Å². The quantitative estimate of drug-likeness (QED) is 0.758. The van der Waals surface area contributed by atoms with Crippen LogP contribution < -0.4 is 0 Å². The number of ketones is 1. The van der Waals surface area contributed by atoms with Crippen molar-refractivity contribution in [1.29, 1.82) is 0 Å². The number of piperidine rings is 1. The summed E-state index contributed by atoms with van der Waals surface area (Å²) in [6.45, 7) is 6.90. The Morgan fingerprint density at radius 1 is 0.960 bits per heavy atom. The number of carbonyl (C=O) groups is 1. The molecule has 0 spiro atoms. The van der Waals surface area contributed by atoms with Crippen molar-refractivity contribution in [2.45, 2.75) is 51.5 Å². The second kappa shape index (κ2) is 7.97. The highest BCUT2D eigenvalue weighted by Crippen LogP contribution is 2.37. The van der Waals surface area contributed by atoms with E-state index < -0.39 is 0 Å². The lowest BCUT2D eigenvalue weighted by Crippen LogP contribution is -2.46. The second-order valence-corrected chi connectivity index (χ2v) is 7.35. The van der Waals surface area contributed by atoms with E-state index in [0.29, 0.717) is 5.78 Å². The predicted molar refractivity (Wildman–Crippen MR) is 104 cm³/mol. The van der Waals surface area contributed by atoms with E-state index in [1.807, 2.05) is 0 Å². The van der Waals surface area contributed by atoms with Gasteiger partial charge < -0.3 is 0 Å². The highest BCUT2D eigenvalue weighted by Gasteiger charge is 2.40. The van der Waals surface area contributed by atoms with Crippen LogP contribution >= 0.6 is 0 Å². The number of benzene rings is 2. The monoisotopic (exact) mass is 335 g/mol. The molecule has 0 N–H and O–H groups in total. The van der Waals surface area contributed by atoms with Gasteiger partial charge in [-0.3, -0.25) is 9.69 Å². The summed E-state index contributed by atoms with van der Waals surface area (Å²) in [7, 11) is 0. The summed E-state index contributed by atoms with van der Waals surface area (Å²) in [6, 6.07) is 19.4. The molecule has 2 nitrogen and oxygen atoms in total. The lowest BCUT2D eigenvalue weighted by Gasteiger charge is -2.40. The number of aryl methyl sites for hydroxylation is 1. The van der Waals surface area contributed by atoms with E-state index in [1.54, 1.807) is 6.92 Å². The number of hydrogen-bond donors (Lipinski definition) is 0. The summed E-state index contributed by atoms with van der Waals surface area (Å²) in [5.74, 6) is 0.315. The highest BCUT2D eigenvalue weighted by atomic mass is 16.1. The predicted octanol–water partition coefficient (Wildman–Crippen LogP) is 4.76. The molecule has 2 aromatic rings. The van der Waals surface area contributed by atoms with Crippen molar-refractivity contribution in [3.8, 4) is 0 Å². The molecule has 1 fully saturated rings. The summed E-state index contributed by atoms with van der Waals surface area (Å²) < 4.78 is 0. The Kier molecular flexibility index (Phi) is 5.70. The van der Waals surface area contributed by atoms with Crippen molar-refractivity contribution >= 4 is 5.78 Å². The highest BCUT2D eigenvalue weighted by molar-refractivity contribution is 5.88. The molecule has 0 unspecified atom stereocenters. The first kappa shape index (κ1) is 17.9. The zero-order chi connectivity index (χ0) is 17.7. The first-order valence-corrected chi connectivity index (χ1v) is 9.51. The van der Waals surface area contributed by atoms with Crippen LogP contribution in [0.4, 0.5) is 0 Å². The Balaban J connectivity index is 1.71. The van der Waals surface area contributed by atoms with Crippen LogP contribution in [0.25, 0.3) is 0 Å². The molecule has 0 saturated carbocycles. The number of nitrogens with zero attached hydrogens (tertiary/aromatic N) is 1. The molecule has 2 heteroatoms. The standard InChI is InChI=1S/C23H29NO/c1-3-7-20-10-12-22(13-11-20)23(19(2)25)14-16-24(17-15-23)18-21-8-5-4-6-9-21/h4-6,8-13H,3,7,14-18H2,1-2H3. The van der Waals surface area contributed by atoms with E-state index >= 15 is 0 Å². The summed E-state index contributed by atoms with van der Waals surface area (Å²) >= 11 is 0. The number of rotatable bonds is 6. The third-order valence-electron chi connectivity index (χ3n) is 5.68. The van der Waals surface area contributed by atoms with Crippen molar-refractivity contribution in [2.24, 2.45) is 0 Å². The van der Waals surface area contributed by atoms with E-state index in [-0.39, 0.29) is 5.41 Å². The number of Topliss-reactive ketones (excluding diaryl/α,β-unsaturated/α-hetero) is 1. The molecule has 132 valence electrons. The fourth-order valence-electron chi connectivity index (χ4n) is 4.06. The van der Waals surface area contributed by atoms with Crippen LogP contribution in [0.3, 0.4) is 0 Å². The Morgan fingerprint density at radius 2 is 1.60 bits per heavy atom. The summed E-state index contributed by atoms with van der Waals surface area (Å²) in [5.41, 5.74) is 3.63. The summed E-state index contributed by atoms with van der Waals surface area (Å²) in [6.07, 6.45) is 4.11. The molecule has 0 aromatic heterocycles. The van der Waals surface area contributed by atoms with E-state index in [4.69, 9.17) is 0 Å². The van der Waals surface area contributed by atoms with Crippen LogP contribution in [0.5, 0.6) is 0 Å². The van der Waals surface area contributed by atoms with Gasteiger partial charge in [0.2, 0.25) is 0 Å². The molecule has 1 heterocycles. The average molecular weight is 335 g/mol. The molecule has 0 aliphatic carbocycles. The molecule has 25 heavy (non-hydrogen) atoms. The van der Waals surface area contributed by atoms with Gasteiger partial charge in [0.1, 0.15) is 5.78 Å². The van der Waals surface area contributed by atoms with E-state index in [2.05, 4.69) is 66.4 Å². The molecule has 0 radical (unpaired) electrons. The zero-order valence-electron chi connectivity index (χ0n) is 15.5. The molecule has 0 amide bonds. The van der Waals surface area contributed by atoms with Gasteiger partial charge in [0.15, 0.2) is 0 Å². The van der Waals surface area contributed by atoms with Crippen LogP contribution in [0, 0.1) is 0 Å². The van der Waals surface area contributed by atoms with Gasteiger partial charge in [-0.25, -0.2) is 0 Å². The largest absolute Gasteiger partial charge is 0.299 e. The third kappa shape index (κ3) is 4.01. The van der Waals surface area contributed by atoms with Gasteiger partial charge in [-0.1, -0.05) is 67.9 Å². The minimum atomic E-state index is -0.294. The molecule has 0 atom stereocenters.